The molecule has 3 rings (SSSR count). The van der Waals surface area contributed by atoms with E-state index in [0.717, 1.165) is 16.6 Å². The van der Waals surface area contributed by atoms with Gasteiger partial charge in [0.2, 0.25) is 0 Å². The van der Waals surface area contributed by atoms with Gasteiger partial charge in [-0.2, -0.15) is 0 Å². The predicted molar refractivity (Wildman–Crippen MR) is 58.9 cm³/mol. The standard InChI is InChI=1S/C10H9N5O/c1-11-10-15-14-9(16-10)7-5-13-8-6(7)3-2-4-12-8/h2-5H,1H3,(H,11,15)(H,12,13). The molecule has 0 fully saturated rings. The van der Waals surface area contributed by atoms with Gasteiger partial charge in [0, 0.05) is 24.8 Å². The summed E-state index contributed by atoms with van der Waals surface area (Å²) in [6.07, 6.45) is 3.54. The summed E-state index contributed by atoms with van der Waals surface area (Å²) in [5.41, 5.74) is 1.67. The zero-order valence-electron chi connectivity index (χ0n) is 8.56. The molecule has 0 bridgehead atoms. The number of rotatable bonds is 2. The molecule has 0 saturated heterocycles. The number of nitrogens with zero attached hydrogens (tertiary/aromatic N) is 3. The Hall–Kier alpha value is -2.37. The summed E-state index contributed by atoms with van der Waals surface area (Å²) in [6.45, 7) is 0. The second-order valence-corrected chi connectivity index (χ2v) is 3.26. The van der Waals surface area contributed by atoms with Gasteiger partial charge in [-0.15, -0.1) is 5.10 Å². The van der Waals surface area contributed by atoms with Crippen LogP contribution < -0.4 is 5.32 Å². The minimum Gasteiger partial charge on any atom is -0.403 e. The average Bonchev–Trinajstić information content (AvgIpc) is 2.94. The van der Waals surface area contributed by atoms with Gasteiger partial charge in [-0.25, -0.2) is 4.98 Å². The van der Waals surface area contributed by atoms with Crippen LogP contribution in [0.4, 0.5) is 6.01 Å². The molecule has 0 aliphatic carbocycles. The van der Waals surface area contributed by atoms with Crippen molar-refractivity contribution in [1.82, 2.24) is 20.2 Å². The molecule has 3 aromatic heterocycles. The summed E-state index contributed by atoms with van der Waals surface area (Å²) in [4.78, 5) is 7.25. The van der Waals surface area contributed by atoms with Crippen molar-refractivity contribution < 1.29 is 4.42 Å². The van der Waals surface area contributed by atoms with Crippen molar-refractivity contribution in [3.05, 3.63) is 24.5 Å². The molecule has 6 heteroatoms. The molecule has 16 heavy (non-hydrogen) atoms. The highest BCUT2D eigenvalue weighted by Crippen LogP contribution is 2.26. The summed E-state index contributed by atoms with van der Waals surface area (Å²) in [6, 6.07) is 4.22. The molecule has 0 amide bonds. The van der Waals surface area contributed by atoms with Gasteiger partial charge in [0.1, 0.15) is 5.65 Å². The molecule has 0 radical (unpaired) electrons. The number of pyridine rings is 1. The van der Waals surface area contributed by atoms with Crippen LogP contribution in [0.5, 0.6) is 0 Å². The smallest absolute Gasteiger partial charge is 0.315 e. The van der Waals surface area contributed by atoms with Crippen molar-refractivity contribution in [3.8, 4) is 11.5 Å². The topological polar surface area (TPSA) is 79.6 Å². The second kappa shape index (κ2) is 3.34. The van der Waals surface area contributed by atoms with Crippen LogP contribution in [0, 0.1) is 0 Å². The highest BCUT2D eigenvalue weighted by atomic mass is 16.4. The number of H-pyrrole nitrogens is 1. The number of nitrogens with one attached hydrogen (secondary N) is 2. The number of fused-ring (bicyclic) bond motifs is 1. The van der Waals surface area contributed by atoms with E-state index in [0.29, 0.717) is 11.9 Å². The van der Waals surface area contributed by atoms with Crippen molar-refractivity contribution in [2.75, 3.05) is 12.4 Å². The van der Waals surface area contributed by atoms with E-state index in [2.05, 4.69) is 25.5 Å². The van der Waals surface area contributed by atoms with Crippen LogP contribution in [0.1, 0.15) is 0 Å². The fourth-order valence-electron chi connectivity index (χ4n) is 1.57. The van der Waals surface area contributed by atoms with E-state index in [4.69, 9.17) is 4.42 Å². The molecule has 0 aliphatic rings. The molecular weight excluding hydrogens is 206 g/mol. The molecule has 6 nitrogen and oxygen atoms in total. The van der Waals surface area contributed by atoms with E-state index in [9.17, 15) is 0 Å². The van der Waals surface area contributed by atoms with E-state index in [1.54, 1.807) is 13.2 Å². The van der Waals surface area contributed by atoms with E-state index in [1.165, 1.54) is 0 Å². The zero-order valence-corrected chi connectivity index (χ0v) is 8.56. The monoisotopic (exact) mass is 215 g/mol. The fraction of sp³-hybridized carbons (Fsp3) is 0.100. The summed E-state index contributed by atoms with van der Waals surface area (Å²) < 4.78 is 5.40. The van der Waals surface area contributed by atoms with Crippen LogP contribution in [0.15, 0.2) is 28.9 Å². The number of aromatic amines is 1. The lowest BCUT2D eigenvalue weighted by molar-refractivity contribution is 0.586. The first-order chi connectivity index (χ1) is 7.88. The summed E-state index contributed by atoms with van der Waals surface area (Å²) in [5.74, 6) is 0.476. The van der Waals surface area contributed by atoms with Crippen LogP contribution in [-0.2, 0) is 0 Å². The van der Waals surface area contributed by atoms with E-state index >= 15 is 0 Å². The molecule has 0 atom stereocenters. The molecule has 0 unspecified atom stereocenters. The second-order valence-electron chi connectivity index (χ2n) is 3.26. The first-order valence-corrected chi connectivity index (χ1v) is 4.82. The summed E-state index contributed by atoms with van der Waals surface area (Å²) in [7, 11) is 1.73. The maximum absolute atomic E-state index is 5.40. The first-order valence-electron chi connectivity index (χ1n) is 4.82. The Labute approximate surface area is 90.7 Å². The largest absolute Gasteiger partial charge is 0.403 e. The molecule has 0 spiro atoms. The number of anilines is 1. The van der Waals surface area contributed by atoms with Crippen LogP contribution in [0.2, 0.25) is 0 Å². The third-order valence-electron chi connectivity index (χ3n) is 2.32. The Bertz CT molecular complexity index is 627. The summed E-state index contributed by atoms with van der Waals surface area (Å²) in [5, 5.41) is 11.5. The van der Waals surface area contributed by atoms with Gasteiger partial charge >= 0.3 is 6.01 Å². The molecule has 80 valence electrons. The minimum absolute atomic E-state index is 0.397. The van der Waals surface area contributed by atoms with Gasteiger partial charge in [-0.1, -0.05) is 5.10 Å². The molecule has 0 aromatic carbocycles. The van der Waals surface area contributed by atoms with Crippen molar-refractivity contribution in [2.45, 2.75) is 0 Å². The number of hydrogen-bond acceptors (Lipinski definition) is 5. The van der Waals surface area contributed by atoms with Crippen LogP contribution in [0.3, 0.4) is 0 Å². The minimum atomic E-state index is 0.397. The number of aromatic nitrogens is 4. The normalized spacial score (nSPS) is 10.8. The van der Waals surface area contributed by atoms with E-state index in [1.807, 2.05) is 18.3 Å². The van der Waals surface area contributed by atoms with Crippen molar-refractivity contribution >= 4 is 17.0 Å². The van der Waals surface area contributed by atoms with Crippen molar-refractivity contribution in [1.29, 1.82) is 0 Å². The van der Waals surface area contributed by atoms with Gasteiger partial charge in [0.05, 0.1) is 5.56 Å². The zero-order chi connectivity index (χ0) is 11.0. The van der Waals surface area contributed by atoms with Gasteiger partial charge in [-0.3, -0.25) is 0 Å². The SMILES string of the molecule is CNc1nnc(-c2c[nH]c3ncccc23)o1. The van der Waals surface area contributed by atoms with E-state index in [-0.39, 0.29) is 0 Å². The average molecular weight is 215 g/mol. The predicted octanol–water partition coefficient (Wildman–Crippen LogP) is 1.65. The van der Waals surface area contributed by atoms with Crippen molar-refractivity contribution in [3.63, 3.8) is 0 Å². The van der Waals surface area contributed by atoms with Gasteiger partial charge < -0.3 is 14.7 Å². The third kappa shape index (κ3) is 1.23. The molecule has 0 aliphatic heterocycles. The first kappa shape index (κ1) is 8.90. The molecule has 3 aromatic rings. The van der Waals surface area contributed by atoms with Gasteiger partial charge in [0.25, 0.3) is 5.89 Å². The van der Waals surface area contributed by atoms with Gasteiger partial charge in [-0.05, 0) is 12.1 Å². The molecular formula is C10H9N5O. The summed E-state index contributed by atoms with van der Waals surface area (Å²) >= 11 is 0. The lowest BCUT2D eigenvalue weighted by Crippen LogP contribution is -1.85. The maximum Gasteiger partial charge on any atom is 0.315 e. The van der Waals surface area contributed by atoms with Crippen molar-refractivity contribution in [2.24, 2.45) is 0 Å². The highest BCUT2D eigenvalue weighted by molar-refractivity contribution is 5.90. The third-order valence-corrected chi connectivity index (χ3v) is 2.32. The van der Waals surface area contributed by atoms with Crippen LogP contribution >= 0.6 is 0 Å². The Morgan fingerprint density at radius 1 is 1.38 bits per heavy atom. The van der Waals surface area contributed by atoms with Crippen LogP contribution in [0.25, 0.3) is 22.5 Å². The Morgan fingerprint density at radius 2 is 2.31 bits per heavy atom. The highest BCUT2D eigenvalue weighted by Gasteiger charge is 2.12. The van der Waals surface area contributed by atoms with E-state index < -0.39 is 0 Å². The Kier molecular flexibility index (Phi) is 1.86. The Morgan fingerprint density at radius 3 is 3.12 bits per heavy atom. The Balaban J connectivity index is 2.18. The lowest BCUT2D eigenvalue weighted by atomic mass is 10.2. The maximum atomic E-state index is 5.40. The quantitative estimate of drug-likeness (QED) is 0.679. The van der Waals surface area contributed by atoms with Gasteiger partial charge in [0.15, 0.2) is 0 Å². The van der Waals surface area contributed by atoms with Crippen LogP contribution in [-0.4, -0.2) is 27.2 Å². The fourth-order valence-corrected chi connectivity index (χ4v) is 1.57. The molecule has 3 heterocycles. The number of hydrogen-bond donors (Lipinski definition) is 2. The molecule has 2 N–H and O–H groups in total. The molecule has 0 saturated carbocycles. The lowest BCUT2D eigenvalue weighted by Gasteiger charge is -1.91.